The van der Waals surface area contributed by atoms with Gasteiger partial charge in [-0.05, 0) is 58.9 Å². The van der Waals surface area contributed by atoms with E-state index in [4.69, 9.17) is 5.11 Å². The van der Waals surface area contributed by atoms with Crippen molar-refractivity contribution in [1.82, 2.24) is 0 Å². The van der Waals surface area contributed by atoms with E-state index in [1.165, 1.54) is 11.6 Å². The van der Waals surface area contributed by atoms with E-state index in [9.17, 15) is 9.18 Å². The van der Waals surface area contributed by atoms with Crippen molar-refractivity contribution in [2.24, 2.45) is 0 Å². The molecule has 2 aromatic carbocycles. The molecule has 3 heteroatoms. The Bertz CT molecular complexity index is 717. The number of halogens is 1. The van der Waals surface area contributed by atoms with Crippen LogP contribution in [0.5, 0.6) is 0 Å². The third-order valence-electron chi connectivity index (χ3n) is 3.57. The quantitative estimate of drug-likeness (QED) is 0.843. The minimum Gasteiger partial charge on any atom is -0.478 e. The topological polar surface area (TPSA) is 37.3 Å². The second-order valence-corrected chi connectivity index (χ2v) is 4.89. The average molecular weight is 268 g/mol. The van der Waals surface area contributed by atoms with Gasteiger partial charge in [0, 0.05) is 6.08 Å². The number of carboxylic acids is 1. The van der Waals surface area contributed by atoms with Crippen molar-refractivity contribution in [2.75, 3.05) is 0 Å². The van der Waals surface area contributed by atoms with E-state index in [1.807, 2.05) is 24.3 Å². The highest BCUT2D eigenvalue weighted by molar-refractivity contribution is 5.85. The van der Waals surface area contributed by atoms with Crippen LogP contribution in [0.1, 0.15) is 16.7 Å². The van der Waals surface area contributed by atoms with E-state index in [-0.39, 0.29) is 5.82 Å². The van der Waals surface area contributed by atoms with Gasteiger partial charge in [0.15, 0.2) is 0 Å². The van der Waals surface area contributed by atoms with Crippen molar-refractivity contribution in [1.29, 1.82) is 0 Å². The predicted octanol–water partition coefficient (Wildman–Crippen LogP) is 3.69. The molecule has 0 radical (unpaired) electrons. The Morgan fingerprint density at radius 3 is 2.40 bits per heavy atom. The van der Waals surface area contributed by atoms with Gasteiger partial charge in [-0.1, -0.05) is 24.3 Å². The molecule has 0 amide bonds. The van der Waals surface area contributed by atoms with Crippen molar-refractivity contribution in [3.63, 3.8) is 0 Å². The van der Waals surface area contributed by atoms with Gasteiger partial charge >= 0.3 is 5.97 Å². The molecule has 0 saturated carbocycles. The van der Waals surface area contributed by atoms with Gasteiger partial charge < -0.3 is 5.11 Å². The van der Waals surface area contributed by atoms with Crippen LogP contribution in [0, 0.1) is 5.82 Å². The van der Waals surface area contributed by atoms with E-state index < -0.39 is 5.97 Å². The molecule has 0 aliphatic heterocycles. The van der Waals surface area contributed by atoms with Crippen LogP contribution in [-0.2, 0) is 17.6 Å². The van der Waals surface area contributed by atoms with E-state index >= 15 is 0 Å². The number of hydrogen-bond donors (Lipinski definition) is 1. The molecule has 1 N–H and O–H groups in total. The zero-order chi connectivity index (χ0) is 14.1. The van der Waals surface area contributed by atoms with Crippen molar-refractivity contribution in [3.8, 4) is 11.1 Å². The van der Waals surface area contributed by atoms with E-state index in [0.717, 1.165) is 41.2 Å². The lowest BCUT2D eigenvalue weighted by Gasteiger charge is -2.20. The lowest BCUT2D eigenvalue weighted by molar-refractivity contribution is -0.131. The Morgan fingerprint density at radius 2 is 1.70 bits per heavy atom. The highest BCUT2D eigenvalue weighted by atomic mass is 19.1. The fraction of sp³-hybridized carbons (Fsp3) is 0.118. The van der Waals surface area contributed by atoms with Gasteiger partial charge in [0.05, 0.1) is 0 Å². The largest absolute Gasteiger partial charge is 0.478 e. The molecule has 0 atom stereocenters. The molecule has 0 fully saturated rings. The third kappa shape index (κ3) is 2.35. The number of fused-ring (bicyclic) bond motifs is 3. The maximum Gasteiger partial charge on any atom is 0.328 e. The van der Waals surface area contributed by atoms with Crippen molar-refractivity contribution in [3.05, 3.63) is 65.0 Å². The van der Waals surface area contributed by atoms with Crippen LogP contribution in [0.15, 0.2) is 42.5 Å². The lowest BCUT2D eigenvalue weighted by atomic mass is 9.85. The summed E-state index contributed by atoms with van der Waals surface area (Å²) in [6.45, 7) is 0. The van der Waals surface area contributed by atoms with E-state index in [0.29, 0.717) is 0 Å². The second kappa shape index (κ2) is 4.93. The van der Waals surface area contributed by atoms with Crippen molar-refractivity contribution in [2.45, 2.75) is 12.8 Å². The summed E-state index contributed by atoms with van der Waals surface area (Å²) in [5.41, 5.74) is 5.26. The maximum absolute atomic E-state index is 13.2. The van der Waals surface area contributed by atoms with Gasteiger partial charge in [0.25, 0.3) is 0 Å². The zero-order valence-corrected chi connectivity index (χ0v) is 10.8. The highest BCUT2D eigenvalue weighted by Gasteiger charge is 2.16. The lowest BCUT2D eigenvalue weighted by Crippen LogP contribution is -2.04. The summed E-state index contributed by atoms with van der Waals surface area (Å²) in [6.07, 6.45) is 4.38. The number of aryl methyl sites for hydroxylation is 2. The Hall–Kier alpha value is -2.42. The van der Waals surface area contributed by atoms with Crippen LogP contribution in [0.3, 0.4) is 0 Å². The fourth-order valence-electron chi connectivity index (χ4n) is 2.66. The molecule has 20 heavy (non-hydrogen) atoms. The average Bonchev–Trinajstić information content (AvgIpc) is 2.44. The summed E-state index contributed by atoms with van der Waals surface area (Å²) in [7, 11) is 0. The smallest absolute Gasteiger partial charge is 0.328 e. The first-order valence-electron chi connectivity index (χ1n) is 6.46. The highest BCUT2D eigenvalue weighted by Crippen LogP contribution is 2.34. The zero-order valence-electron chi connectivity index (χ0n) is 10.8. The molecule has 0 bridgehead atoms. The molecular weight excluding hydrogens is 255 g/mol. The minimum absolute atomic E-state index is 0.201. The molecule has 1 aliphatic carbocycles. The summed E-state index contributed by atoms with van der Waals surface area (Å²) in [6, 6.07) is 10.8. The van der Waals surface area contributed by atoms with Crippen LogP contribution in [0.4, 0.5) is 4.39 Å². The van der Waals surface area contributed by atoms with Crippen LogP contribution >= 0.6 is 0 Å². The summed E-state index contributed by atoms with van der Waals surface area (Å²) in [5, 5.41) is 8.65. The van der Waals surface area contributed by atoms with Crippen LogP contribution in [-0.4, -0.2) is 11.1 Å². The molecule has 0 unspecified atom stereocenters. The first kappa shape index (κ1) is 12.6. The summed E-state index contributed by atoms with van der Waals surface area (Å²) < 4.78 is 13.2. The molecule has 2 nitrogen and oxygen atoms in total. The first-order valence-corrected chi connectivity index (χ1v) is 6.46. The van der Waals surface area contributed by atoms with Gasteiger partial charge in [-0.2, -0.15) is 0 Å². The second-order valence-electron chi connectivity index (χ2n) is 4.89. The Labute approximate surface area is 116 Å². The normalized spacial score (nSPS) is 13.1. The number of benzene rings is 2. The van der Waals surface area contributed by atoms with Crippen LogP contribution < -0.4 is 0 Å². The molecular formula is C17H13FO2. The predicted molar refractivity (Wildman–Crippen MR) is 75.9 cm³/mol. The number of hydrogen-bond acceptors (Lipinski definition) is 1. The van der Waals surface area contributed by atoms with Gasteiger partial charge in [-0.25, -0.2) is 9.18 Å². The van der Waals surface area contributed by atoms with Gasteiger partial charge in [0.1, 0.15) is 5.82 Å². The Balaban J connectivity index is 2.03. The number of rotatable bonds is 2. The molecule has 0 saturated heterocycles. The SMILES string of the molecule is O=C(O)C=Cc1ccc2c(c1)CCc1cc(F)ccc1-2. The van der Waals surface area contributed by atoms with Gasteiger partial charge in [-0.15, -0.1) is 0 Å². The first-order chi connectivity index (χ1) is 9.63. The fourth-order valence-corrected chi connectivity index (χ4v) is 2.66. The summed E-state index contributed by atoms with van der Waals surface area (Å²) in [4.78, 5) is 10.5. The third-order valence-corrected chi connectivity index (χ3v) is 3.57. The number of aliphatic carboxylic acids is 1. The Morgan fingerprint density at radius 1 is 1.05 bits per heavy atom. The maximum atomic E-state index is 13.2. The summed E-state index contributed by atoms with van der Waals surface area (Å²) >= 11 is 0. The van der Waals surface area contributed by atoms with E-state index in [2.05, 4.69) is 0 Å². The molecule has 2 aromatic rings. The minimum atomic E-state index is -0.955. The van der Waals surface area contributed by atoms with Gasteiger partial charge in [-0.3, -0.25) is 0 Å². The molecule has 0 aromatic heterocycles. The van der Waals surface area contributed by atoms with Gasteiger partial charge in [0.2, 0.25) is 0 Å². The molecule has 0 spiro atoms. The van der Waals surface area contributed by atoms with Crippen molar-refractivity contribution < 1.29 is 14.3 Å². The Kier molecular flexibility index (Phi) is 3.11. The summed E-state index contributed by atoms with van der Waals surface area (Å²) in [5.74, 6) is -1.16. The molecule has 100 valence electrons. The molecule has 1 aliphatic rings. The van der Waals surface area contributed by atoms with Crippen LogP contribution in [0.2, 0.25) is 0 Å². The number of carbonyl (C=O) groups is 1. The molecule has 0 heterocycles. The number of carboxylic acid groups (broad SMARTS) is 1. The standard InChI is InChI=1S/C17H13FO2/c18-14-5-7-16-13(10-14)4-3-12-9-11(1-6-15(12)16)2-8-17(19)20/h1-2,5-10H,3-4H2,(H,19,20). The van der Waals surface area contributed by atoms with Crippen molar-refractivity contribution >= 4 is 12.0 Å². The monoisotopic (exact) mass is 268 g/mol. The molecule has 3 rings (SSSR count). The van der Waals surface area contributed by atoms with Crippen LogP contribution in [0.25, 0.3) is 17.2 Å². The van der Waals surface area contributed by atoms with E-state index in [1.54, 1.807) is 12.1 Å².